The van der Waals surface area contributed by atoms with Gasteiger partial charge in [0, 0.05) is 12.0 Å². The maximum atomic E-state index is 12.5. The second-order valence-corrected chi connectivity index (χ2v) is 8.43. The highest BCUT2D eigenvalue weighted by Gasteiger charge is 2.35. The number of hydrogen-bond donors (Lipinski definition) is 2. The van der Waals surface area contributed by atoms with Gasteiger partial charge in [-0.2, -0.15) is 0 Å². The van der Waals surface area contributed by atoms with Crippen molar-refractivity contribution in [2.45, 2.75) is 52.6 Å². The van der Waals surface area contributed by atoms with Crippen molar-refractivity contribution in [3.8, 4) is 0 Å². The highest BCUT2D eigenvalue weighted by Crippen LogP contribution is 2.36. The summed E-state index contributed by atoms with van der Waals surface area (Å²) in [6.07, 6.45) is 6.25. The number of allylic oxidation sites excluding steroid dienone is 3. The molecule has 0 aliphatic rings. The summed E-state index contributed by atoms with van der Waals surface area (Å²) in [5.74, 6) is -0.952. The van der Waals surface area contributed by atoms with Crippen molar-refractivity contribution in [2.24, 2.45) is 5.41 Å². The first-order valence-corrected chi connectivity index (χ1v) is 8.25. The molecule has 4 nitrogen and oxygen atoms in total. The third-order valence-corrected chi connectivity index (χ3v) is 3.69. The Hall–Kier alpha value is -1.41. The summed E-state index contributed by atoms with van der Waals surface area (Å²) in [4.78, 5) is 23.4. The van der Waals surface area contributed by atoms with Gasteiger partial charge in [0.2, 0.25) is 5.91 Å². The molecule has 0 aromatic heterocycles. The van der Waals surface area contributed by atoms with Gasteiger partial charge in [-0.05, 0) is 31.0 Å². The second-order valence-electron chi connectivity index (χ2n) is 7.03. The van der Waals surface area contributed by atoms with Gasteiger partial charge in [0.25, 0.3) is 0 Å². The molecule has 0 spiro atoms. The zero-order valence-electron chi connectivity index (χ0n) is 14.9. The summed E-state index contributed by atoms with van der Waals surface area (Å²) in [5.41, 5.74) is 1.24. The van der Waals surface area contributed by atoms with Crippen molar-refractivity contribution >= 4 is 21.1 Å². The monoisotopic (exact) mass is 339 g/mol. The number of carboxylic acid groups (broad SMARTS) is 1. The van der Waals surface area contributed by atoms with Gasteiger partial charge in [-0.3, -0.25) is 9.59 Å². The van der Waals surface area contributed by atoms with E-state index in [0.29, 0.717) is 13.0 Å². The van der Waals surface area contributed by atoms with E-state index in [1.54, 1.807) is 0 Å². The van der Waals surface area contributed by atoms with E-state index in [-0.39, 0.29) is 12.3 Å². The zero-order chi connectivity index (χ0) is 18.3. The van der Waals surface area contributed by atoms with Crippen molar-refractivity contribution in [2.75, 3.05) is 6.54 Å². The molecule has 0 saturated carbocycles. The zero-order valence-corrected chi connectivity index (χ0v) is 16.1. The van der Waals surface area contributed by atoms with E-state index in [0.717, 1.165) is 11.1 Å². The Morgan fingerprint density at radius 1 is 1.30 bits per heavy atom. The number of nitrogens with one attached hydrogen (secondary N) is 1. The largest absolute Gasteiger partial charge is 0.481 e. The highest BCUT2D eigenvalue weighted by atomic mass is 31.0. The molecule has 0 rings (SSSR count). The number of carbonyl (C=O) groups excluding carboxylic acids is 1. The van der Waals surface area contributed by atoms with Gasteiger partial charge >= 0.3 is 5.97 Å². The minimum atomic E-state index is -0.863. The summed E-state index contributed by atoms with van der Waals surface area (Å²) in [6.45, 7) is 13.6. The molecule has 0 radical (unpaired) electrons. The predicted molar refractivity (Wildman–Crippen MR) is 99.5 cm³/mol. The molecule has 0 aliphatic heterocycles. The first kappa shape index (κ1) is 21.6. The fourth-order valence-corrected chi connectivity index (χ4v) is 3.29. The van der Waals surface area contributed by atoms with Crippen LogP contribution in [0.15, 0.2) is 36.0 Å². The van der Waals surface area contributed by atoms with Crippen LogP contribution in [0.3, 0.4) is 0 Å². The summed E-state index contributed by atoms with van der Waals surface area (Å²) >= 11 is 0. The molecular formula is C18H30NO3P. The van der Waals surface area contributed by atoms with Gasteiger partial charge in [-0.25, -0.2) is 0 Å². The van der Waals surface area contributed by atoms with Crippen LogP contribution in [0.2, 0.25) is 0 Å². The minimum Gasteiger partial charge on any atom is -0.481 e. The summed E-state index contributed by atoms with van der Waals surface area (Å²) in [5, 5.41) is 11.4. The lowest BCUT2D eigenvalue weighted by molar-refractivity contribution is -0.138. The Kier molecular flexibility index (Phi) is 8.47. The first-order chi connectivity index (χ1) is 10.4. The predicted octanol–water partition coefficient (Wildman–Crippen LogP) is 3.71. The van der Waals surface area contributed by atoms with Gasteiger partial charge in [-0.1, -0.05) is 51.2 Å². The summed E-state index contributed by atoms with van der Waals surface area (Å²) in [7, 11) is 2.57. The molecule has 130 valence electrons. The van der Waals surface area contributed by atoms with Crippen molar-refractivity contribution in [1.82, 2.24) is 5.32 Å². The lowest BCUT2D eigenvalue weighted by atomic mass is 9.80. The van der Waals surface area contributed by atoms with Crippen LogP contribution in [0, 0.1) is 5.41 Å². The molecule has 23 heavy (non-hydrogen) atoms. The van der Waals surface area contributed by atoms with Gasteiger partial charge in [0.15, 0.2) is 0 Å². The standard InChI is InChI=1S/C18H30NO3P/c1-7-8-14(9-13(2)3)11-19-16(22)17(4,5)12-18(6,23)10-15(20)21/h7-9H,2,10-12,23H2,1,3-6H3,(H,19,22)(H,20,21)/b8-7-,14-9+. The summed E-state index contributed by atoms with van der Waals surface area (Å²) in [6, 6.07) is 0. The lowest BCUT2D eigenvalue weighted by Gasteiger charge is -2.32. The Morgan fingerprint density at radius 3 is 2.30 bits per heavy atom. The van der Waals surface area contributed by atoms with E-state index in [9.17, 15) is 9.59 Å². The maximum absolute atomic E-state index is 12.5. The summed E-state index contributed by atoms with van der Waals surface area (Å²) < 4.78 is 0. The van der Waals surface area contributed by atoms with Crippen LogP contribution < -0.4 is 5.32 Å². The van der Waals surface area contributed by atoms with E-state index in [1.165, 1.54) is 0 Å². The van der Waals surface area contributed by atoms with Crippen LogP contribution >= 0.6 is 9.24 Å². The molecule has 0 heterocycles. The Bertz CT molecular complexity index is 516. The molecule has 0 fully saturated rings. The molecular weight excluding hydrogens is 309 g/mol. The molecule has 2 atom stereocenters. The first-order valence-electron chi connectivity index (χ1n) is 7.67. The average molecular weight is 339 g/mol. The fraction of sp³-hybridized carbons (Fsp3) is 0.556. The van der Waals surface area contributed by atoms with Crippen LogP contribution in [0.25, 0.3) is 0 Å². The quantitative estimate of drug-likeness (QED) is 0.497. The van der Waals surface area contributed by atoms with Crippen molar-refractivity contribution in [3.05, 3.63) is 36.0 Å². The molecule has 5 heteroatoms. The number of carbonyl (C=O) groups is 2. The molecule has 1 amide bonds. The smallest absolute Gasteiger partial charge is 0.304 e. The number of aliphatic carboxylic acids is 1. The van der Waals surface area contributed by atoms with Crippen LogP contribution in [0.5, 0.6) is 0 Å². The molecule has 0 bridgehead atoms. The van der Waals surface area contributed by atoms with Gasteiger partial charge in [-0.15, -0.1) is 9.24 Å². The average Bonchev–Trinajstić information content (AvgIpc) is 2.31. The molecule has 0 aromatic carbocycles. The van der Waals surface area contributed by atoms with E-state index in [2.05, 4.69) is 21.1 Å². The van der Waals surface area contributed by atoms with Gasteiger partial charge < -0.3 is 10.4 Å². The van der Waals surface area contributed by atoms with E-state index >= 15 is 0 Å². The fourth-order valence-electron chi connectivity index (χ4n) is 2.61. The maximum Gasteiger partial charge on any atom is 0.304 e. The minimum absolute atomic E-state index is 0.00770. The van der Waals surface area contributed by atoms with Gasteiger partial charge in [0.05, 0.1) is 6.42 Å². The Labute approximate surface area is 142 Å². The van der Waals surface area contributed by atoms with Gasteiger partial charge in [0.1, 0.15) is 0 Å². The van der Waals surface area contributed by atoms with Crippen LogP contribution in [-0.4, -0.2) is 28.7 Å². The molecule has 2 N–H and O–H groups in total. The topological polar surface area (TPSA) is 66.4 Å². The molecule has 0 aliphatic carbocycles. The Balaban J connectivity index is 4.87. The molecule has 0 aromatic rings. The number of carboxylic acids is 1. The van der Waals surface area contributed by atoms with Crippen molar-refractivity contribution in [1.29, 1.82) is 0 Å². The normalized spacial score (nSPS) is 15.3. The van der Waals surface area contributed by atoms with Crippen molar-refractivity contribution < 1.29 is 14.7 Å². The van der Waals surface area contributed by atoms with Crippen LogP contribution in [-0.2, 0) is 9.59 Å². The van der Waals surface area contributed by atoms with E-state index < -0.39 is 16.5 Å². The van der Waals surface area contributed by atoms with Crippen LogP contribution in [0.1, 0.15) is 47.5 Å². The van der Waals surface area contributed by atoms with E-state index in [1.807, 2.05) is 52.8 Å². The van der Waals surface area contributed by atoms with E-state index in [4.69, 9.17) is 5.11 Å². The SMILES string of the molecule is C=C(C)/C=C(\C=C/C)CNC(=O)C(C)(C)CC(C)(P)CC(=O)O. The number of rotatable bonds is 9. The molecule has 2 unspecified atom stereocenters. The third kappa shape index (κ3) is 9.35. The van der Waals surface area contributed by atoms with Crippen LogP contribution in [0.4, 0.5) is 0 Å². The number of hydrogen-bond acceptors (Lipinski definition) is 2. The lowest BCUT2D eigenvalue weighted by Crippen LogP contribution is -2.41. The highest BCUT2D eigenvalue weighted by molar-refractivity contribution is 7.19. The second kappa shape index (κ2) is 9.02. The molecule has 0 saturated heterocycles. The number of amides is 1. The third-order valence-electron chi connectivity index (χ3n) is 3.28. The Morgan fingerprint density at radius 2 is 1.87 bits per heavy atom. The van der Waals surface area contributed by atoms with Crippen molar-refractivity contribution in [3.63, 3.8) is 0 Å².